The van der Waals surface area contributed by atoms with E-state index in [0.717, 1.165) is 28.2 Å². The molecule has 0 radical (unpaired) electrons. The molecule has 2 heterocycles. The van der Waals surface area contributed by atoms with E-state index in [1.165, 1.54) is 6.07 Å². The van der Waals surface area contributed by atoms with Crippen LogP contribution < -0.4 is 5.32 Å². The van der Waals surface area contributed by atoms with Crippen LogP contribution in [0.1, 0.15) is 5.56 Å². The zero-order chi connectivity index (χ0) is 18.1. The highest BCUT2D eigenvalue weighted by atomic mass is 16.6. The van der Waals surface area contributed by atoms with Crippen molar-refractivity contribution in [3.8, 4) is 11.3 Å². The molecule has 0 saturated carbocycles. The topological polar surface area (TPSA) is 72.5 Å². The first kappa shape index (κ1) is 15.8. The Morgan fingerprint density at radius 3 is 2.77 bits per heavy atom. The summed E-state index contributed by atoms with van der Waals surface area (Å²) < 4.78 is 2.02. The summed E-state index contributed by atoms with van der Waals surface area (Å²) in [5, 5.41) is 14.3. The fraction of sp³-hybridized carbons (Fsp3) is 0.0500. The van der Waals surface area contributed by atoms with Gasteiger partial charge in [-0.1, -0.05) is 24.3 Å². The molecule has 0 unspecified atom stereocenters. The Labute approximate surface area is 149 Å². The summed E-state index contributed by atoms with van der Waals surface area (Å²) in [6, 6.07) is 18.4. The Morgan fingerprint density at radius 1 is 1.08 bits per heavy atom. The highest BCUT2D eigenvalue weighted by Gasteiger charge is 2.13. The molecule has 0 spiro atoms. The third-order valence-corrected chi connectivity index (χ3v) is 4.21. The van der Waals surface area contributed by atoms with Gasteiger partial charge in [-0.2, -0.15) is 0 Å². The van der Waals surface area contributed by atoms with Gasteiger partial charge in [-0.15, -0.1) is 0 Å². The maximum atomic E-state index is 11.2. The molecule has 0 amide bonds. The lowest BCUT2D eigenvalue weighted by molar-refractivity contribution is -0.383. The summed E-state index contributed by atoms with van der Waals surface area (Å²) >= 11 is 0. The number of fused-ring (bicyclic) bond motifs is 1. The predicted octanol–water partition coefficient (Wildman–Crippen LogP) is 4.96. The van der Waals surface area contributed by atoms with Crippen LogP contribution in [0.25, 0.3) is 16.9 Å². The lowest BCUT2D eigenvalue weighted by Crippen LogP contribution is -1.97. The van der Waals surface area contributed by atoms with Crippen molar-refractivity contribution in [2.24, 2.45) is 0 Å². The highest BCUT2D eigenvalue weighted by molar-refractivity contribution is 5.74. The van der Waals surface area contributed by atoms with Gasteiger partial charge in [0.15, 0.2) is 0 Å². The fourth-order valence-electron chi connectivity index (χ4n) is 2.95. The highest BCUT2D eigenvalue weighted by Crippen LogP contribution is 2.29. The summed E-state index contributed by atoms with van der Waals surface area (Å²) in [7, 11) is 0. The van der Waals surface area contributed by atoms with Crippen molar-refractivity contribution in [2.75, 3.05) is 5.32 Å². The van der Waals surface area contributed by atoms with Crippen molar-refractivity contribution >= 4 is 22.7 Å². The molecular weight excluding hydrogens is 328 g/mol. The molecule has 2 aromatic carbocycles. The minimum atomic E-state index is -0.390. The van der Waals surface area contributed by atoms with Crippen molar-refractivity contribution in [3.63, 3.8) is 0 Å². The molecule has 6 heteroatoms. The van der Waals surface area contributed by atoms with Crippen LogP contribution in [0.5, 0.6) is 0 Å². The van der Waals surface area contributed by atoms with Gasteiger partial charge in [-0.25, -0.2) is 4.98 Å². The molecule has 0 atom stereocenters. The van der Waals surface area contributed by atoms with Gasteiger partial charge < -0.3 is 5.32 Å². The summed E-state index contributed by atoms with van der Waals surface area (Å²) in [5.74, 6) is 0. The number of hydrogen-bond acceptors (Lipinski definition) is 4. The minimum absolute atomic E-state index is 0.0446. The maximum Gasteiger partial charge on any atom is 0.292 e. The van der Waals surface area contributed by atoms with Gasteiger partial charge in [0.2, 0.25) is 0 Å². The van der Waals surface area contributed by atoms with E-state index in [1.807, 2.05) is 60.1 Å². The normalized spacial score (nSPS) is 10.8. The van der Waals surface area contributed by atoms with E-state index < -0.39 is 0 Å². The number of aromatic nitrogens is 2. The van der Waals surface area contributed by atoms with E-state index >= 15 is 0 Å². The molecule has 4 aromatic rings. The van der Waals surface area contributed by atoms with Gasteiger partial charge >= 0.3 is 0 Å². The maximum absolute atomic E-state index is 11.2. The molecule has 0 saturated heterocycles. The molecule has 1 N–H and O–H groups in total. The van der Waals surface area contributed by atoms with Crippen LogP contribution in [-0.2, 0) is 0 Å². The van der Waals surface area contributed by atoms with E-state index in [-0.39, 0.29) is 10.6 Å². The SMILES string of the molecule is Cc1ccn2c(-c3cccc(Nc4ccccc4[N+](=O)[O-])c3)cnc2c1. The van der Waals surface area contributed by atoms with Crippen LogP contribution in [0.2, 0.25) is 0 Å². The Bertz CT molecular complexity index is 1120. The van der Waals surface area contributed by atoms with E-state index in [0.29, 0.717) is 5.69 Å². The van der Waals surface area contributed by atoms with Crippen LogP contribution in [-0.4, -0.2) is 14.3 Å². The molecule has 128 valence electrons. The van der Waals surface area contributed by atoms with Crippen molar-refractivity contribution in [2.45, 2.75) is 6.92 Å². The summed E-state index contributed by atoms with van der Waals surface area (Å²) in [5.41, 5.74) is 5.26. The van der Waals surface area contributed by atoms with Crippen LogP contribution >= 0.6 is 0 Å². The number of aryl methyl sites for hydroxylation is 1. The van der Waals surface area contributed by atoms with Crippen LogP contribution in [0.3, 0.4) is 0 Å². The molecule has 6 nitrogen and oxygen atoms in total. The third-order valence-electron chi connectivity index (χ3n) is 4.21. The second-order valence-electron chi connectivity index (χ2n) is 6.06. The first-order chi connectivity index (χ1) is 12.6. The monoisotopic (exact) mass is 344 g/mol. The molecule has 2 aromatic heterocycles. The number of pyridine rings is 1. The Balaban J connectivity index is 1.72. The molecule has 0 fully saturated rings. The van der Waals surface area contributed by atoms with Crippen molar-refractivity contribution in [3.05, 3.63) is 88.7 Å². The van der Waals surface area contributed by atoms with Gasteiger partial charge in [0.05, 0.1) is 16.8 Å². The number of hydrogen-bond donors (Lipinski definition) is 1. The Hall–Kier alpha value is -3.67. The number of benzene rings is 2. The zero-order valence-electron chi connectivity index (χ0n) is 14.1. The quantitative estimate of drug-likeness (QED) is 0.419. The molecular formula is C20H16N4O2. The van der Waals surface area contributed by atoms with E-state index in [4.69, 9.17) is 0 Å². The van der Waals surface area contributed by atoms with E-state index in [2.05, 4.69) is 10.3 Å². The van der Waals surface area contributed by atoms with Crippen molar-refractivity contribution in [1.29, 1.82) is 0 Å². The number of imidazole rings is 1. The molecule has 0 aliphatic heterocycles. The van der Waals surface area contributed by atoms with Gasteiger partial charge in [0, 0.05) is 23.5 Å². The number of anilines is 2. The third kappa shape index (κ3) is 2.88. The van der Waals surface area contributed by atoms with Crippen LogP contribution in [0.4, 0.5) is 17.1 Å². The number of para-hydroxylation sites is 2. The molecule has 0 aliphatic rings. The second-order valence-corrected chi connectivity index (χ2v) is 6.06. The van der Waals surface area contributed by atoms with Gasteiger partial charge in [-0.3, -0.25) is 14.5 Å². The van der Waals surface area contributed by atoms with Gasteiger partial charge in [0.1, 0.15) is 11.3 Å². The molecule has 4 rings (SSSR count). The lowest BCUT2D eigenvalue weighted by Gasteiger charge is -2.09. The second kappa shape index (κ2) is 6.33. The Kier molecular flexibility index (Phi) is 3.85. The zero-order valence-corrected chi connectivity index (χ0v) is 14.1. The summed E-state index contributed by atoms with van der Waals surface area (Å²) in [4.78, 5) is 15.3. The standard InChI is InChI=1S/C20H16N4O2/c1-14-9-10-23-19(13-21-20(23)11-14)15-5-4-6-16(12-15)22-17-7-2-3-8-18(17)24(25)26/h2-13,22H,1H3. The summed E-state index contributed by atoms with van der Waals surface area (Å²) in [6.45, 7) is 2.03. The van der Waals surface area contributed by atoms with Gasteiger partial charge in [-0.05, 0) is 42.8 Å². The number of nitrogens with zero attached hydrogens (tertiary/aromatic N) is 3. The number of rotatable bonds is 4. The van der Waals surface area contributed by atoms with E-state index in [9.17, 15) is 10.1 Å². The average molecular weight is 344 g/mol. The smallest absolute Gasteiger partial charge is 0.292 e. The number of nitro groups is 1. The minimum Gasteiger partial charge on any atom is -0.350 e. The summed E-state index contributed by atoms with van der Waals surface area (Å²) in [6.07, 6.45) is 3.83. The molecule has 0 aliphatic carbocycles. The number of nitrogens with one attached hydrogen (secondary N) is 1. The number of nitro benzene ring substituents is 1. The van der Waals surface area contributed by atoms with E-state index in [1.54, 1.807) is 18.2 Å². The Morgan fingerprint density at radius 2 is 1.92 bits per heavy atom. The molecule has 26 heavy (non-hydrogen) atoms. The molecule has 0 bridgehead atoms. The first-order valence-corrected chi connectivity index (χ1v) is 8.16. The van der Waals surface area contributed by atoms with Crippen molar-refractivity contribution in [1.82, 2.24) is 9.38 Å². The largest absolute Gasteiger partial charge is 0.350 e. The van der Waals surface area contributed by atoms with Crippen molar-refractivity contribution < 1.29 is 4.92 Å². The average Bonchev–Trinajstić information content (AvgIpc) is 3.05. The fourth-order valence-corrected chi connectivity index (χ4v) is 2.95. The lowest BCUT2D eigenvalue weighted by atomic mass is 10.1. The predicted molar refractivity (Wildman–Crippen MR) is 102 cm³/mol. The van der Waals surface area contributed by atoms with Gasteiger partial charge in [0.25, 0.3) is 5.69 Å². The van der Waals surface area contributed by atoms with Crippen LogP contribution in [0, 0.1) is 17.0 Å². The first-order valence-electron chi connectivity index (χ1n) is 8.16. The van der Waals surface area contributed by atoms with Crippen LogP contribution in [0.15, 0.2) is 73.1 Å².